The molecule has 8 bridgehead atoms. The second-order valence-electron chi connectivity index (χ2n) is 25.5. The molecule has 5 fully saturated rings. The van der Waals surface area contributed by atoms with Crippen LogP contribution in [0.2, 0.25) is 0 Å². The molecule has 0 aromatic heterocycles. The SMILES string of the molecule is O=C1NC[C@H]2O[C@@H](C(=O)NC[C@H]3O[C@@H](C(=O)NC[C@H]4O[C@@H](C(=O)NC[C@H]5O[C@@H]1[C@@H](OCc1ccccc1)[C@@H]5OCc1ccccc1)[C@@H](OCc1ccccc1)[C@@H]4OCc1ccccc1)[C@@H](OCc1ccccc1)[C@@H]3OCc1ccccc1)[C@@H](OCc1ccccc1)[C@@H]2OCc1ccccc1. The first-order valence-electron chi connectivity index (χ1n) is 34.2. The van der Waals surface area contributed by atoms with Crippen LogP contribution in [0.1, 0.15) is 44.5 Å². The summed E-state index contributed by atoms with van der Waals surface area (Å²) in [6.07, 6.45) is -17.3. The fourth-order valence-corrected chi connectivity index (χ4v) is 13.3. The molecule has 8 aromatic carbocycles. The predicted molar refractivity (Wildman–Crippen MR) is 367 cm³/mol. The maximum atomic E-state index is 15.4. The summed E-state index contributed by atoms with van der Waals surface area (Å²) in [6.45, 7) is -0.0332. The Morgan fingerprint density at radius 3 is 0.510 bits per heavy atom. The summed E-state index contributed by atoms with van der Waals surface area (Å²) in [5.41, 5.74) is 6.73. The first kappa shape index (κ1) is 69.6. The molecule has 0 spiro atoms. The van der Waals surface area contributed by atoms with Gasteiger partial charge in [0.15, 0.2) is 24.4 Å². The van der Waals surface area contributed by atoms with E-state index in [0.29, 0.717) is 0 Å². The van der Waals surface area contributed by atoms with Gasteiger partial charge in [0.25, 0.3) is 23.6 Å². The Balaban J connectivity index is 0.871. The summed E-state index contributed by atoms with van der Waals surface area (Å²) in [6, 6.07) is 76.5. The van der Waals surface area contributed by atoms with E-state index >= 15 is 19.2 Å². The molecule has 20 nitrogen and oxygen atoms in total. The van der Waals surface area contributed by atoms with Gasteiger partial charge in [-0.3, -0.25) is 19.2 Å². The van der Waals surface area contributed by atoms with E-state index in [1.807, 2.05) is 243 Å². The van der Waals surface area contributed by atoms with Crippen LogP contribution in [0.4, 0.5) is 0 Å². The highest BCUT2D eigenvalue weighted by Crippen LogP contribution is 2.35. The molecule has 100 heavy (non-hydrogen) atoms. The van der Waals surface area contributed by atoms with Crippen molar-refractivity contribution in [2.45, 2.75) is 151 Å². The minimum absolute atomic E-state index is 0.0772. The van der Waals surface area contributed by atoms with Crippen LogP contribution in [0.25, 0.3) is 0 Å². The van der Waals surface area contributed by atoms with Crippen molar-refractivity contribution in [2.75, 3.05) is 26.2 Å². The van der Waals surface area contributed by atoms with Crippen LogP contribution in [-0.2, 0) is 129 Å². The fraction of sp³-hybridized carbons (Fsp3) is 0.350. The van der Waals surface area contributed by atoms with Gasteiger partial charge in [0.05, 0.1) is 52.9 Å². The van der Waals surface area contributed by atoms with Crippen LogP contribution in [-0.4, -0.2) is 147 Å². The zero-order valence-corrected chi connectivity index (χ0v) is 55.3. The molecule has 5 aliphatic heterocycles. The fourth-order valence-electron chi connectivity index (χ4n) is 13.3. The molecule has 0 unspecified atom stereocenters. The van der Waals surface area contributed by atoms with Gasteiger partial charge in [-0.05, 0) is 44.5 Å². The van der Waals surface area contributed by atoms with Gasteiger partial charge in [0.1, 0.15) is 73.2 Å². The molecule has 520 valence electrons. The van der Waals surface area contributed by atoms with Crippen LogP contribution < -0.4 is 21.3 Å². The molecule has 0 radical (unpaired) electrons. The van der Waals surface area contributed by atoms with Crippen LogP contribution in [0.15, 0.2) is 243 Å². The number of fused-ring (bicyclic) bond motifs is 8. The van der Waals surface area contributed by atoms with Gasteiger partial charge in [-0.25, -0.2) is 0 Å². The number of carbonyl (C=O) groups is 4. The largest absolute Gasteiger partial charge is 0.368 e. The Hall–Kier alpha value is -8.84. The van der Waals surface area contributed by atoms with Crippen LogP contribution in [0.3, 0.4) is 0 Å². The summed E-state index contributed by atoms with van der Waals surface area (Å²) in [5.74, 6) is -2.31. The molecule has 0 saturated carbocycles. The van der Waals surface area contributed by atoms with E-state index in [2.05, 4.69) is 21.3 Å². The highest BCUT2D eigenvalue weighted by atomic mass is 16.6. The quantitative estimate of drug-likeness (QED) is 0.0447. The number of carbonyl (C=O) groups excluding carboxylic acids is 4. The monoisotopic (exact) mass is 1360 g/mol. The molecule has 0 aliphatic carbocycles. The van der Waals surface area contributed by atoms with Crippen molar-refractivity contribution in [1.29, 1.82) is 0 Å². The van der Waals surface area contributed by atoms with Gasteiger partial charge in [-0.1, -0.05) is 243 Å². The maximum absolute atomic E-state index is 15.4. The van der Waals surface area contributed by atoms with Gasteiger partial charge in [0, 0.05) is 26.2 Å². The number of hydrogen-bond donors (Lipinski definition) is 4. The highest BCUT2D eigenvalue weighted by molar-refractivity contribution is 5.84. The van der Waals surface area contributed by atoms with E-state index in [0.717, 1.165) is 44.5 Å². The summed E-state index contributed by atoms with van der Waals surface area (Å²) in [5, 5.41) is 12.4. The van der Waals surface area contributed by atoms with E-state index in [4.69, 9.17) is 56.8 Å². The van der Waals surface area contributed by atoms with Crippen LogP contribution in [0, 0.1) is 0 Å². The van der Waals surface area contributed by atoms with E-state index in [-0.39, 0.29) is 79.0 Å². The third kappa shape index (κ3) is 18.2. The second kappa shape index (κ2) is 35.0. The number of rotatable bonds is 24. The van der Waals surface area contributed by atoms with E-state index < -0.39 is 121 Å². The number of benzene rings is 8. The first-order chi connectivity index (χ1) is 49.2. The lowest BCUT2D eigenvalue weighted by Gasteiger charge is -2.27. The van der Waals surface area contributed by atoms with Gasteiger partial charge < -0.3 is 78.1 Å². The van der Waals surface area contributed by atoms with Crippen molar-refractivity contribution in [2.24, 2.45) is 0 Å². The predicted octanol–water partition coefficient (Wildman–Crippen LogP) is 8.22. The summed E-state index contributed by atoms with van der Waals surface area (Å²) in [7, 11) is 0. The lowest BCUT2D eigenvalue weighted by atomic mass is 10.0. The van der Waals surface area contributed by atoms with Gasteiger partial charge in [0.2, 0.25) is 0 Å². The van der Waals surface area contributed by atoms with E-state index in [1.54, 1.807) is 0 Å². The molecule has 20 heteroatoms. The molecule has 16 atom stereocenters. The Labute approximate surface area is 582 Å². The first-order valence-corrected chi connectivity index (χ1v) is 34.2. The lowest BCUT2D eigenvalue weighted by molar-refractivity contribution is -0.141. The maximum Gasteiger partial charge on any atom is 0.252 e. The molecule has 4 N–H and O–H groups in total. The molecule has 5 heterocycles. The van der Waals surface area contributed by atoms with E-state index in [9.17, 15) is 0 Å². The van der Waals surface area contributed by atoms with Crippen LogP contribution >= 0.6 is 0 Å². The van der Waals surface area contributed by atoms with Crippen molar-refractivity contribution in [1.82, 2.24) is 21.3 Å². The standard InChI is InChI=1S/C80H84N4O16/c85-77-73-69(93-49-57-33-17-5-18-34-57)65(89-45-53-25-9-1-10-26-53)61(97-73)41-81-78(86)74-70(94-50-58-35-19-6-20-36-58)67(91-47-55-29-13-3-14-30-55)63(98-74)43-83-80(88)76-72(96-52-60-39-23-8-24-40-60)68(92-48-56-31-15-4-16-32-56)64(100-76)44-84-79(87)75-71(95-51-59-37-21-7-22-38-59)66(62(99-75)42-82-77)90-46-54-27-11-2-12-28-54/h1-40,61-76H,41-52H2,(H,81,86)(H,82,85)(H,83,88)(H,84,87)/t61-,62-,63-,64-,65-,66-,67-,68-,69+,70+,71+,72+,73-,74-,75-,76-/m1/s1. The van der Waals surface area contributed by atoms with Crippen molar-refractivity contribution in [3.05, 3.63) is 287 Å². The van der Waals surface area contributed by atoms with Crippen LogP contribution in [0.5, 0.6) is 0 Å². The molecule has 4 amide bonds. The number of amides is 4. The molecular formula is C80H84N4O16. The summed E-state index contributed by atoms with van der Waals surface area (Å²) < 4.78 is 81.8. The smallest absolute Gasteiger partial charge is 0.252 e. The van der Waals surface area contributed by atoms with Gasteiger partial charge >= 0.3 is 0 Å². The normalized spacial score (nSPS) is 27.9. The zero-order chi connectivity index (χ0) is 68.2. The Morgan fingerprint density at radius 1 is 0.220 bits per heavy atom. The number of ether oxygens (including phenoxy) is 12. The molecule has 13 rings (SSSR count). The Kier molecular flexibility index (Phi) is 24.4. The topological polar surface area (TPSA) is 227 Å². The second-order valence-corrected chi connectivity index (χ2v) is 25.5. The zero-order valence-electron chi connectivity index (χ0n) is 55.3. The molecule has 5 aliphatic rings. The van der Waals surface area contributed by atoms with E-state index in [1.165, 1.54) is 0 Å². The minimum atomic E-state index is -1.33. The number of hydrogen-bond acceptors (Lipinski definition) is 16. The number of nitrogens with one attached hydrogen (secondary N) is 4. The summed E-state index contributed by atoms with van der Waals surface area (Å²) >= 11 is 0. The average molecular weight is 1360 g/mol. The third-order valence-electron chi connectivity index (χ3n) is 18.5. The lowest BCUT2D eigenvalue weighted by Crippen LogP contribution is -2.49. The highest BCUT2D eigenvalue weighted by Gasteiger charge is 2.56. The van der Waals surface area contributed by atoms with Crippen molar-refractivity contribution in [3.8, 4) is 0 Å². The Bertz CT molecular complexity index is 3320. The minimum Gasteiger partial charge on any atom is -0.368 e. The van der Waals surface area contributed by atoms with Crippen molar-refractivity contribution >= 4 is 23.6 Å². The Morgan fingerprint density at radius 2 is 0.360 bits per heavy atom. The molecule has 5 saturated heterocycles. The van der Waals surface area contributed by atoms with Gasteiger partial charge in [-0.2, -0.15) is 0 Å². The van der Waals surface area contributed by atoms with Gasteiger partial charge in [-0.15, -0.1) is 0 Å². The average Bonchev–Trinajstić information content (AvgIpc) is 1.66. The van der Waals surface area contributed by atoms with Crippen molar-refractivity contribution in [3.63, 3.8) is 0 Å². The molecular weight excluding hydrogens is 1270 g/mol. The molecule has 8 aromatic rings. The summed E-state index contributed by atoms with van der Waals surface area (Å²) in [4.78, 5) is 61.5. The third-order valence-corrected chi connectivity index (χ3v) is 18.5. The van der Waals surface area contributed by atoms with Crippen molar-refractivity contribution < 1.29 is 76.0 Å².